The number of carbonyl (C=O) groups excluding carboxylic acids is 2. The van der Waals surface area contributed by atoms with E-state index in [9.17, 15) is 9.59 Å². The summed E-state index contributed by atoms with van der Waals surface area (Å²) >= 11 is 1.32. The number of aromatic nitrogens is 1. The lowest BCUT2D eigenvalue weighted by atomic mass is 10.0. The fourth-order valence-corrected chi connectivity index (χ4v) is 2.79. The number of nitrogens with zero attached hydrogens (tertiary/aromatic N) is 1. The van der Waals surface area contributed by atoms with E-state index in [1.54, 1.807) is 12.3 Å². The molecule has 0 saturated carbocycles. The lowest BCUT2D eigenvalue weighted by Gasteiger charge is -2.21. The van der Waals surface area contributed by atoms with Crippen molar-refractivity contribution in [2.75, 3.05) is 18.5 Å². The van der Waals surface area contributed by atoms with E-state index in [1.165, 1.54) is 11.3 Å². The van der Waals surface area contributed by atoms with Crippen LogP contribution in [0.5, 0.6) is 0 Å². The number of piperidine rings is 1. The van der Waals surface area contributed by atoms with Gasteiger partial charge in [-0.05, 0) is 26.3 Å². The summed E-state index contributed by atoms with van der Waals surface area (Å²) in [6, 6.07) is -0.138. The van der Waals surface area contributed by atoms with Gasteiger partial charge in [0.2, 0.25) is 5.91 Å². The van der Waals surface area contributed by atoms with E-state index < -0.39 is 0 Å². The third kappa shape index (κ3) is 4.28. The number of hydrogen-bond acceptors (Lipinski definition) is 6. The summed E-state index contributed by atoms with van der Waals surface area (Å²) in [7, 11) is 0. The maximum Gasteiger partial charge on any atom is 0.311 e. The number of ether oxygens (including phenoxy) is 1. The molecule has 0 bridgehead atoms. The van der Waals surface area contributed by atoms with Gasteiger partial charge in [-0.25, -0.2) is 4.98 Å². The van der Waals surface area contributed by atoms with Crippen LogP contribution in [-0.4, -0.2) is 36.1 Å². The third-order valence-electron chi connectivity index (χ3n) is 3.04. The molecule has 1 fully saturated rings. The van der Waals surface area contributed by atoms with Crippen molar-refractivity contribution in [1.29, 1.82) is 0 Å². The summed E-state index contributed by atoms with van der Waals surface area (Å²) in [6.07, 6.45) is 3.18. The number of rotatable bonds is 5. The van der Waals surface area contributed by atoms with Crippen molar-refractivity contribution in [1.82, 2.24) is 10.3 Å². The average molecular weight is 297 g/mol. The largest absolute Gasteiger partial charge is 0.466 e. The molecule has 1 unspecified atom stereocenters. The van der Waals surface area contributed by atoms with Crippen molar-refractivity contribution in [3.05, 3.63) is 11.1 Å². The second-order valence-electron chi connectivity index (χ2n) is 4.62. The molecule has 1 aromatic heterocycles. The predicted molar refractivity (Wildman–Crippen MR) is 76.7 cm³/mol. The molecule has 6 nitrogen and oxygen atoms in total. The number of amides is 1. The van der Waals surface area contributed by atoms with Gasteiger partial charge in [0.15, 0.2) is 5.13 Å². The Kier molecular flexibility index (Phi) is 5.49. The zero-order valence-corrected chi connectivity index (χ0v) is 12.3. The van der Waals surface area contributed by atoms with Gasteiger partial charge in [0.25, 0.3) is 0 Å². The van der Waals surface area contributed by atoms with Crippen molar-refractivity contribution in [3.63, 3.8) is 0 Å². The molecular formula is C13H19N3O3S. The number of esters is 1. The van der Waals surface area contributed by atoms with Gasteiger partial charge in [0.1, 0.15) is 0 Å². The van der Waals surface area contributed by atoms with Crippen LogP contribution < -0.4 is 10.6 Å². The van der Waals surface area contributed by atoms with Gasteiger partial charge in [-0.1, -0.05) is 6.42 Å². The summed E-state index contributed by atoms with van der Waals surface area (Å²) in [5, 5.41) is 8.27. The molecular weight excluding hydrogens is 278 g/mol. The van der Waals surface area contributed by atoms with E-state index >= 15 is 0 Å². The highest BCUT2D eigenvalue weighted by molar-refractivity contribution is 7.13. The van der Waals surface area contributed by atoms with Crippen molar-refractivity contribution < 1.29 is 14.3 Å². The second-order valence-corrected chi connectivity index (χ2v) is 5.48. The predicted octanol–water partition coefficient (Wildman–Crippen LogP) is 1.33. The topological polar surface area (TPSA) is 80.3 Å². The van der Waals surface area contributed by atoms with E-state index in [0.29, 0.717) is 17.4 Å². The highest BCUT2D eigenvalue weighted by atomic mass is 32.1. The number of hydrogen-bond donors (Lipinski definition) is 2. The van der Waals surface area contributed by atoms with E-state index in [4.69, 9.17) is 4.74 Å². The summed E-state index contributed by atoms with van der Waals surface area (Å²) in [4.78, 5) is 27.6. The van der Waals surface area contributed by atoms with Gasteiger partial charge in [-0.15, -0.1) is 11.3 Å². The Labute approximate surface area is 121 Å². The molecule has 1 aliphatic rings. The lowest BCUT2D eigenvalue weighted by Crippen LogP contribution is -2.43. The van der Waals surface area contributed by atoms with E-state index in [-0.39, 0.29) is 24.3 Å². The van der Waals surface area contributed by atoms with Crippen LogP contribution in [0.2, 0.25) is 0 Å². The summed E-state index contributed by atoms with van der Waals surface area (Å²) < 4.78 is 4.86. The molecule has 110 valence electrons. The third-order valence-corrected chi connectivity index (χ3v) is 3.85. The van der Waals surface area contributed by atoms with Crippen LogP contribution in [0.1, 0.15) is 31.9 Å². The first-order valence-corrected chi connectivity index (χ1v) is 7.71. The molecule has 7 heteroatoms. The number of nitrogens with one attached hydrogen (secondary N) is 2. The molecule has 1 aromatic rings. The van der Waals surface area contributed by atoms with Crippen LogP contribution in [0.15, 0.2) is 5.38 Å². The second kappa shape index (κ2) is 7.35. The Morgan fingerprint density at radius 3 is 3.10 bits per heavy atom. The summed E-state index contributed by atoms with van der Waals surface area (Å²) in [5.74, 6) is -0.355. The summed E-state index contributed by atoms with van der Waals surface area (Å²) in [6.45, 7) is 3.01. The monoisotopic (exact) mass is 297 g/mol. The van der Waals surface area contributed by atoms with Crippen molar-refractivity contribution in [2.24, 2.45) is 0 Å². The highest BCUT2D eigenvalue weighted by Crippen LogP contribution is 2.17. The fraction of sp³-hybridized carbons (Fsp3) is 0.615. The van der Waals surface area contributed by atoms with Crippen LogP contribution in [0.3, 0.4) is 0 Å². The highest BCUT2D eigenvalue weighted by Gasteiger charge is 2.21. The fourth-order valence-electron chi connectivity index (χ4n) is 2.07. The molecule has 2 heterocycles. The van der Waals surface area contributed by atoms with Gasteiger partial charge >= 0.3 is 5.97 Å². The van der Waals surface area contributed by atoms with Gasteiger partial charge in [0.05, 0.1) is 24.8 Å². The average Bonchev–Trinajstić information content (AvgIpc) is 2.87. The molecule has 0 aliphatic carbocycles. The summed E-state index contributed by atoms with van der Waals surface area (Å²) in [5.41, 5.74) is 0.625. The first kappa shape index (κ1) is 14.9. The van der Waals surface area contributed by atoms with E-state index in [1.807, 2.05) is 0 Å². The number of thiazole rings is 1. The van der Waals surface area contributed by atoms with Gasteiger partial charge in [0, 0.05) is 5.38 Å². The molecule has 0 aromatic carbocycles. The molecule has 2 N–H and O–H groups in total. The normalized spacial score (nSPS) is 18.6. The maximum absolute atomic E-state index is 12.0. The van der Waals surface area contributed by atoms with Crippen LogP contribution in [0.25, 0.3) is 0 Å². The Morgan fingerprint density at radius 1 is 1.55 bits per heavy atom. The molecule has 1 saturated heterocycles. The number of carbonyl (C=O) groups is 2. The van der Waals surface area contributed by atoms with E-state index in [0.717, 1.165) is 25.8 Å². The van der Waals surface area contributed by atoms with Gasteiger partial charge < -0.3 is 15.4 Å². The molecule has 2 rings (SSSR count). The van der Waals surface area contributed by atoms with Gasteiger partial charge in [-0.3, -0.25) is 9.59 Å². The minimum absolute atomic E-state index is 0.0539. The van der Waals surface area contributed by atoms with Crippen molar-refractivity contribution >= 4 is 28.3 Å². The molecule has 0 spiro atoms. The zero-order valence-electron chi connectivity index (χ0n) is 11.5. The smallest absolute Gasteiger partial charge is 0.311 e. The van der Waals surface area contributed by atoms with E-state index in [2.05, 4.69) is 15.6 Å². The molecule has 0 radical (unpaired) electrons. The van der Waals surface area contributed by atoms with Crippen molar-refractivity contribution in [3.8, 4) is 0 Å². The Balaban J connectivity index is 1.85. The Morgan fingerprint density at radius 2 is 2.40 bits per heavy atom. The first-order chi connectivity index (χ1) is 9.69. The van der Waals surface area contributed by atoms with Crippen molar-refractivity contribution in [2.45, 2.75) is 38.6 Å². The van der Waals surface area contributed by atoms with Crippen LogP contribution >= 0.6 is 11.3 Å². The SMILES string of the molecule is CCOC(=O)Cc1csc(NC(=O)C2CCCCN2)n1. The molecule has 1 amide bonds. The number of anilines is 1. The Bertz CT molecular complexity index is 469. The lowest BCUT2D eigenvalue weighted by molar-refractivity contribution is -0.142. The maximum atomic E-state index is 12.0. The minimum atomic E-state index is -0.301. The minimum Gasteiger partial charge on any atom is -0.466 e. The molecule has 20 heavy (non-hydrogen) atoms. The standard InChI is InChI=1S/C13H19N3O3S/c1-2-19-11(17)7-9-8-20-13(15-9)16-12(18)10-5-3-4-6-14-10/h8,10,14H,2-7H2,1H3,(H,15,16,18). The van der Waals surface area contributed by atoms with Gasteiger partial charge in [-0.2, -0.15) is 0 Å². The van der Waals surface area contributed by atoms with Crippen LogP contribution in [0.4, 0.5) is 5.13 Å². The zero-order chi connectivity index (χ0) is 14.4. The first-order valence-electron chi connectivity index (χ1n) is 6.83. The van der Waals surface area contributed by atoms with Crippen LogP contribution in [0, 0.1) is 0 Å². The van der Waals surface area contributed by atoms with Crippen LogP contribution in [-0.2, 0) is 20.7 Å². The molecule has 1 aliphatic heterocycles. The quantitative estimate of drug-likeness (QED) is 0.801. The molecule has 1 atom stereocenters. The Hall–Kier alpha value is -1.47.